The van der Waals surface area contributed by atoms with E-state index in [1.165, 1.54) is 18.2 Å². The molecule has 108 valence electrons. The zero-order valence-corrected chi connectivity index (χ0v) is 12.5. The van der Waals surface area contributed by atoms with Gasteiger partial charge in [0, 0.05) is 11.6 Å². The van der Waals surface area contributed by atoms with Crippen LogP contribution in [0.15, 0.2) is 36.4 Å². The summed E-state index contributed by atoms with van der Waals surface area (Å²) in [6.45, 7) is 2.57. The van der Waals surface area contributed by atoms with Crippen LogP contribution in [0.4, 0.5) is 10.1 Å². The van der Waals surface area contributed by atoms with Crippen molar-refractivity contribution in [3.8, 4) is 0 Å². The fraction of sp³-hybridized carbons (Fsp3) is 0.235. The topological polar surface area (TPSA) is 20.3 Å². The molecule has 0 bridgehead atoms. The molecule has 0 aliphatic carbocycles. The molecule has 0 aromatic heterocycles. The van der Waals surface area contributed by atoms with Crippen LogP contribution in [-0.2, 0) is 6.42 Å². The smallest absolute Gasteiger partial charge is 0.261 e. The van der Waals surface area contributed by atoms with E-state index in [2.05, 4.69) is 0 Å². The van der Waals surface area contributed by atoms with Crippen molar-refractivity contribution in [2.75, 3.05) is 11.4 Å². The average molecular weight is 304 g/mol. The number of amides is 1. The quantitative estimate of drug-likeness (QED) is 0.765. The third-order valence-corrected chi connectivity index (χ3v) is 4.06. The van der Waals surface area contributed by atoms with Gasteiger partial charge in [-0.1, -0.05) is 29.8 Å². The lowest BCUT2D eigenvalue weighted by Gasteiger charge is -2.31. The summed E-state index contributed by atoms with van der Waals surface area (Å²) in [5.41, 5.74) is 3.10. The lowest BCUT2D eigenvalue weighted by atomic mass is 9.97. The van der Waals surface area contributed by atoms with Gasteiger partial charge >= 0.3 is 0 Å². The molecule has 0 fully saturated rings. The second-order valence-corrected chi connectivity index (χ2v) is 5.70. The first-order chi connectivity index (χ1) is 10.1. The van der Waals surface area contributed by atoms with Crippen LogP contribution in [0.5, 0.6) is 0 Å². The number of benzene rings is 2. The van der Waals surface area contributed by atoms with E-state index in [0.29, 0.717) is 11.6 Å². The lowest BCUT2D eigenvalue weighted by Crippen LogP contribution is -2.36. The number of halogens is 2. The van der Waals surface area contributed by atoms with E-state index in [1.807, 2.05) is 25.1 Å². The molecular formula is C17H15ClFNO. The predicted octanol–water partition coefficient (Wildman–Crippen LogP) is 4.38. The third kappa shape index (κ3) is 2.54. The van der Waals surface area contributed by atoms with Crippen molar-refractivity contribution in [2.45, 2.75) is 19.8 Å². The van der Waals surface area contributed by atoms with E-state index >= 15 is 0 Å². The molecule has 1 heterocycles. The number of hydrogen-bond donors (Lipinski definition) is 0. The SMILES string of the molecule is Cc1cccc2c1N(C(=O)c1cc(Cl)ccc1F)CCC2. The van der Waals surface area contributed by atoms with Crippen molar-refractivity contribution < 1.29 is 9.18 Å². The Labute approximate surface area is 128 Å². The Bertz CT molecular complexity index is 714. The monoisotopic (exact) mass is 303 g/mol. The number of carbonyl (C=O) groups is 1. The molecule has 0 spiro atoms. The number of fused-ring (bicyclic) bond motifs is 1. The minimum atomic E-state index is -0.537. The van der Waals surface area contributed by atoms with Crippen molar-refractivity contribution in [1.29, 1.82) is 0 Å². The number of para-hydroxylation sites is 1. The van der Waals surface area contributed by atoms with Gasteiger partial charge in [-0.15, -0.1) is 0 Å². The van der Waals surface area contributed by atoms with Crippen LogP contribution in [0.3, 0.4) is 0 Å². The highest BCUT2D eigenvalue weighted by Gasteiger charge is 2.26. The van der Waals surface area contributed by atoms with Crippen LogP contribution in [0.25, 0.3) is 0 Å². The molecule has 1 amide bonds. The molecule has 1 aliphatic heterocycles. The summed E-state index contributed by atoms with van der Waals surface area (Å²) in [4.78, 5) is 14.4. The van der Waals surface area contributed by atoms with Gasteiger partial charge in [0.15, 0.2) is 0 Å². The summed E-state index contributed by atoms with van der Waals surface area (Å²) in [5.74, 6) is -0.865. The molecule has 0 saturated carbocycles. The highest BCUT2D eigenvalue weighted by Crippen LogP contribution is 2.32. The molecule has 3 rings (SSSR count). The molecule has 0 N–H and O–H groups in total. The largest absolute Gasteiger partial charge is 0.308 e. The van der Waals surface area contributed by atoms with Gasteiger partial charge in [-0.2, -0.15) is 0 Å². The van der Waals surface area contributed by atoms with Gasteiger partial charge in [0.1, 0.15) is 5.82 Å². The van der Waals surface area contributed by atoms with Gasteiger partial charge in [-0.25, -0.2) is 4.39 Å². The molecule has 0 atom stereocenters. The van der Waals surface area contributed by atoms with Gasteiger partial charge in [0.25, 0.3) is 5.91 Å². The zero-order valence-electron chi connectivity index (χ0n) is 11.7. The Morgan fingerprint density at radius 2 is 2.10 bits per heavy atom. The van der Waals surface area contributed by atoms with E-state index in [9.17, 15) is 9.18 Å². The van der Waals surface area contributed by atoms with Crippen LogP contribution in [0.2, 0.25) is 5.02 Å². The van der Waals surface area contributed by atoms with Crippen LogP contribution < -0.4 is 4.90 Å². The molecule has 0 radical (unpaired) electrons. The summed E-state index contributed by atoms with van der Waals surface area (Å²) >= 11 is 5.89. The van der Waals surface area contributed by atoms with Crippen LogP contribution in [0, 0.1) is 12.7 Å². The summed E-state index contributed by atoms with van der Waals surface area (Å²) in [6.07, 6.45) is 1.82. The number of carbonyl (C=O) groups excluding carboxylic acids is 1. The molecule has 2 aromatic carbocycles. The van der Waals surface area contributed by atoms with Crippen LogP contribution >= 0.6 is 11.6 Å². The van der Waals surface area contributed by atoms with Gasteiger partial charge in [0.2, 0.25) is 0 Å². The van der Waals surface area contributed by atoms with E-state index in [4.69, 9.17) is 11.6 Å². The first-order valence-corrected chi connectivity index (χ1v) is 7.31. The second-order valence-electron chi connectivity index (χ2n) is 5.27. The van der Waals surface area contributed by atoms with E-state index in [-0.39, 0.29) is 11.5 Å². The highest BCUT2D eigenvalue weighted by atomic mass is 35.5. The summed E-state index contributed by atoms with van der Waals surface area (Å²) in [6, 6.07) is 10.1. The molecule has 21 heavy (non-hydrogen) atoms. The Balaban J connectivity index is 2.06. The van der Waals surface area contributed by atoms with E-state index < -0.39 is 5.82 Å². The van der Waals surface area contributed by atoms with Gasteiger partial charge in [-0.3, -0.25) is 4.79 Å². The molecule has 0 unspecified atom stereocenters. The minimum absolute atomic E-state index is 0.0265. The molecule has 0 saturated heterocycles. The van der Waals surface area contributed by atoms with Gasteiger partial charge < -0.3 is 4.90 Å². The van der Waals surface area contributed by atoms with Crippen molar-refractivity contribution >= 4 is 23.2 Å². The Hall–Kier alpha value is -1.87. The number of aryl methyl sites for hydroxylation is 2. The average Bonchev–Trinajstić information content (AvgIpc) is 2.49. The second kappa shape index (κ2) is 5.49. The maximum atomic E-state index is 13.9. The molecule has 2 aromatic rings. The van der Waals surface area contributed by atoms with Crippen molar-refractivity contribution in [1.82, 2.24) is 0 Å². The molecular weight excluding hydrogens is 289 g/mol. The van der Waals surface area contributed by atoms with Crippen molar-refractivity contribution in [3.05, 3.63) is 63.9 Å². The third-order valence-electron chi connectivity index (χ3n) is 3.82. The van der Waals surface area contributed by atoms with Crippen molar-refractivity contribution in [3.63, 3.8) is 0 Å². The number of anilines is 1. The zero-order chi connectivity index (χ0) is 15.0. The normalized spacial score (nSPS) is 14.0. The first-order valence-electron chi connectivity index (χ1n) is 6.93. The lowest BCUT2D eigenvalue weighted by molar-refractivity contribution is 0.0981. The summed E-state index contributed by atoms with van der Waals surface area (Å²) in [5, 5.41) is 0.363. The van der Waals surface area contributed by atoms with Crippen molar-refractivity contribution in [2.24, 2.45) is 0 Å². The Kier molecular flexibility index (Phi) is 3.68. The summed E-state index contributed by atoms with van der Waals surface area (Å²) < 4.78 is 13.9. The standard InChI is InChI=1S/C17H15ClFNO/c1-11-4-2-5-12-6-3-9-20(16(11)12)17(21)14-10-13(18)7-8-15(14)19/h2,4-5,7-8,10H,3,6,9H2,1H3. The maximum absolute atomic E-state index is 13.9. The number of rotatable bonds is 1. The highest BCUT2D eigenvalue weighted by molar-refractivity contribution is 6.31. The maximum Gasteiger partial charge on any atom is 0.261 e. The number of hydrogen-bond acceptors (Lipinski definition) is 1. The first kappa shape index (κ1) is 14.1. The van der Waals surface area contributed by atoms with Gasteiger partial charge in [-0.05, 0) is 49.1 Å². The Morgan fingerprint density at radius 1 is 1.29 bits per heavy atom. The fourth-order valence-electron chi connectivity index (χ4n) is 2.86. The molecule has 1 aliphatic rings. The fourth-order valence-corrected chi connectivity index (χ4v) is 3.03. The molecule has 2 nitrogen and oxygen atoms in total. The molecule has 4 heteroatoms. The minimum Gasteiger partial charge on any atom is -0.308 e. The van der Waals surface area contributed by atoms with Gasteiger partial charge in [0.05, 0.1) is 11.3 Å². The predicted molar refractivity (Wildman–Crippen MR) is 82.6 cm³/mol. The Morgan fingerprint density at radius 3 is 2.90 bits per heavy atom. The number of nitrogens with zero attached hydrogens (tertiary/aromatic N) is 1. The summed E-state index contributed by atoms with van der Waals surface area (Å²) in [7, 11) is 0. The van der Waals surface area contributed by atoms with Crippen LogP contribution in [0.1, 0.15) is 27.9 Å². The van der Waals surface area contributed by atoms with Crippen LogP contribution in [-0.4, -0.2) is 12.5 Å². The van der Waals surface area contributed by atoms with E-state index in [1.54, 1.807) is 4.90 Å². The van der Waals surface area contributed by atoms with E-state index in [0.717, 1.165) is 29.7 Å².